The molecule has 224 valence electrons. The molecule has 5 rings (SSSR count). The van der Waals surface area contributed by atoms with Crippen LogP contribution in [0.4, 0.5) is 0 Å². The van der Waals surface area contributed by atoms with E-state index >= 15 is 0 Å². The second-order valence-electron chi connectivity index (χ2n) is 10.6. The summed E-state index contributed by atoms with van der Waals surface area (Å²) in [5, 5.41) is 0. The van der Waals surface area contributed by atoms with Crippen LogP contribution in [0.2, 0.25) is 0 Å². The molecule has 1 aliphatic rings. The van der Waals surface area contributed by atoms with E-state index in [-0.39, 0.29) is 6.61 Å². The molecule has 0 amide bonds. The van der Waals surface area contributed by atoms with E-state index in [1.807, 2.05) is 121 Å². The zero-order chi connectivity index (χ0) is 29.7. The van der Waals surface area contributed by atoms with Crippen molar-refractivity contribution in [3.05, 3.63) is 156 Å². The third-order valence-corrected chi connectivity index (χ3v) is 7.16. The van der Waals surface area contributed by atoms with Gasteiger partial charge in [-0.05, 0) is 29.2 Å². The quantitative estimate of drug-likeness (QED) is 0.138. The van der Waals surface area contributed by atoms with E-state index < -0.39 is 30.7 Å². The number of ether oxygens (including phenoxy) is 6. The Morgan fingerprint density at radius 2 is 0.953 bits per heavy atom. The van der Waals surface area contributed by atoms with Crippen LogP contribution >= 0.6 is 0 Å². The van der Waals surface area contributed by atoms with E-state index in [2.05, 4.69) is 6.58 Å². The Bertz CT molecular complexity index is 1350. The van der Waals surface area contributed by atoms with Crippen LogP contribution in [0.1, 0.15) is 29.2 Å². The predicted molar refractivity (Wildman–Crippen MR) is 166 cm³/mol. The molecule has 4 aromatic rings. The smallest absolute Gasteiger partial charge is 0.228 e. The monoisotopic (exact) mass is 580 g/mol. The van der Waals surface area contributed by atoms with Crippen LogP contribution in [-0.2, 0) is 54.8 Å². The average Bonchev–Trinajstić information content (AvgIpc) is 3.04. The Hall–Kier alpha value is -3.78. The second-order valence-corrected chi connectivity index (χ2v) is 10.6. The molecule has 4 aromatic carbocycles. The first-order valence-corrected chi connectivity index (χ1v) is 14.7. The molecule has 6 nitrogen and oxygen atoms in total. The van der Waals surface area contributed by atoms with Crippen molar-refractivity contribution in [3.63, 3.8) is 0 Å². The lowest BCUT2D eigenvalue weighted by molar-refractivity contribution is -0.320. The van der Waals surface area contributed by atoms with Crippen LogP contribution in [0.25, 0.3) is 0 Å². The fourth-order valence-corrected chi connectivity index (χ4v) is 5.04. The highest BCUT2D eigenvalue weighted by atomic mass is 16.7. The highest BCUT2D eigenvalue weighted by Gasteiger charge is 2.49. The summed E-state index contributed by atoms with van der Waals surface area (Å²) in [5.41, 5.74) is 4.21. The van der Waals surface area contributed by atoms with Crippen LogP contribution in [0, 0.1) is 0 Å². The maximum absolute atomic E-state index is 6.68. The van der Waals surface area contributed by atoms with Crippen LogP contribution in [0.3, 0.4) is 0 Å². The van der Waals surface area contributed by atoms with Crippen molar-refractivity contribution < 1.29 is 28.4 Å². The minimum Gasteiger partial charge on any atom is -0.467 e. The maximum Gasteiger partial charge on any atom is 0.228 e. The Balaban J connectivity index is 1.42. The van der Waals surface area contributed by atoms with Gasteiger partial charge in [0, 0.05) is 0 Å². The average molecular weight is 581 g/mol. The molecular weight excluding hydrogens is 540 g/mol. The van der Waals surface area contributed by atoms with Gasteiger partial charge >= 0.3 is 0 Å². The number of hydrogen-bond acceptors (Lipinski definition) is 6. The SMILES string of the molecule is C=C(C)OC1O[C@H](COCc2ccccc2)[C@H](OCc2ccccc2)[C@H](OCc2ccccc2)[C@H]1OCc1ccccc1. The van der Waals surface area contributed by atoms with Crippen LogP contribution < -0.4 is 0 Å². The first-order chi connectivity index (χ1) is 21.2. The lowest BCUT2D eigenvalue weighted by atomic mass is 9.97. The minimum atomic E-state index is -0.774. The molecule has 5 atom stereocenters. The largest absolute Gasteiger partial charge is 0.467 e. The summed E-state index contributed by atoms with van der Waals surface area (Å²) in [5.74, 6) is 0.521. The third kappa shape index (κ3) is 9.35. The second kappa shape index (κ2) is 16.2. The molecule has 0 saturated carbocycles. The summed E-state index contributed by atoms with van der Waals surface area (Å²) in [4.78, 5) is 0. The van der Waals surface area contributed by atoms with Crippen molar-refractivity contribution in [2.75, 3.05) is 6.61 Å². The number of hydrogen-bond donors (Lipinski definition) is 0. The van der Waals surface area contributed by atoms with Gasteiger partial charge in [0.05, 0.1) is 38.8 Å². The van der Waals surface area contributed by atoms with Crippen molar-refractivity contribution in [2.24, 2.45) is 0 Å². The van der Waals surface area contributed by atoms with E-state index in [9.17, 15) is 0 Å². The summed E-state index contributed by atoms with van der Waals surface area (Å²) in [6.07, 6.45) is -2.91. The van der Waals surface area contributed by atoms with Gasteiger partial charge in [0.25, 0.3) is 0 Å². The van der Waals surface area contributed by atoms with Gasteiger partial charge in [0.1, 0.15) is 24.4 Å². The zero-order valence-corrected chi connectivity index (χ0v) is 24.6. The first kappa shape index (κ1) is 30.7. The van der Waals surface area contributed by atoms with Gasteiger partial charge in [-0.3, -0.25) is 0 Å². The summed E-state index contributed by atoms with van der Waals surface area (Å²) < 4.78 is 38.8. The molecule has 0 spiro atoms. The number of allylic oxidation sites excluding steroid dienone is 1. The summed E-state index contributed by atoms with van der Waals surface area (Å²) >= 11 is 0. The number of benzene rings is 4. The Labute approximate surface area is 254 Å². The molecule has 0 N–H and O–H groups in total. The van der Waals surface area contributed by atoms with Crippen molar-refractivity contribution in [1.82, 2.24) is 0 Å². The molecule has 1 saturated heterocycles. The van der Waals surface area contributed by atoms with Gasteiger partial charge in [0.2, 0.25) is 6.29 Å². The molecular formula is C37H40O6. The zero-order valence-electron chi connectivity index (χ0n) is 24.6. The Morgan fingerprint density at radius 3 is 1.40 bits per heavy atom. The van der Waals surface area contributed by atoms with E-state index in [0.29, 0.717) is 32.2 Å². The Morgan fingerprint density at radius 1 is 0.558 bits per heavy atom. The van der Waals surface area contributed by atoms with Gasteiger partial charge < -0.3 is 28.4 Å². The molecule has 1 aliphatic heterocycles. The highest BCUT2D eigenvalue weighted by Crippen LogP contribution is 2.32. The normalized spacial score (nSPS) is 21.7. The van der Waals surface area contributed by atoms with Crippen LogP contribution in [0.15, 0.2) is 134 Å². The molecule has 0 radical (unpaired) electrons. The Kier molecular flexibility index (Phi) is 11.5. The van der Waals surface area contributed by atoms with Gasteiger partial charge in [-0.25, -0.2) is 0 Å². The van der Waals surface area contributed by atoms with E-state index in [1.54, 1.807) is 6.92 Å². The highest BCUT2D eigenvalue weighted by molar-refractivity contribution is 5.16. The maximum atomic E-state index is 6.68. The number of rotatable bonds is 15. The van der Waals surface area contributed by atoms with Crippen molar-refractivity contribution in [3.8, 4) is 0 Å². The van der Waals surface area contributed by atoms with Crippen molar-refractivity contribution in [1.29, 1.82) is 0 Å². The summed E-state index contributed by atoms with van der Waals surface area (Å²) in [6.45, 7) is 7.62. The molecule has 6 heteroatoms. The lowest BCUT2D eigenvalue weighted by Crippen LogP contribution is -2.61. The van der Waals surface area contributed by atoms with E-state index in [0.717, 1.165) is 22.3 Å². The van der Waals surface area contributed by atoms with E-state index in [4.69, 9.17) is 28.4 Å². The van der Waals surface area contributed by atoms with E-state index in [1.165, 1.54) is 0 Å². The fraction of sp³-hybridized carbons (Fsp3) is 0.297. The molecule has 1 fully saturated rings. The van der Waals surface area contributed by atoms with Crippen LogP contribution in [0.5, 0.6) is 0 Å². The molecule has 0 bridgehead atoms. The molecule has 1 heterocycles. The van der Waals surface area contributed by atoms with Gasteiger partial charge in [-0.15, -0.1) is 0 Å². The first-order valence-electron chi connectivity index (χ1n) is 14.7. The lowest BCUT2D eigenvalue weighted by Gasteiger charge is -2.45. The standard InChI is InChI=1S/C37H40O6/c1-28(2)42-37-36(41-26-32-21-13-6-14-22-32)35(40-25-31-19-11-5-12-20-31)34(39-24-30-17-9-4-10-18-30)33(43-37)27-38-23-29-15-7-3-8-16-29/h3-22,33-37H,1,23-27H2,2H3/t33-,34+,35+,36-,37?/m1/s1. The van der Waals surface area contributed by atoms with Crippen molar-refractivity contribution >= 4 is 0 Å². The molecule has 43 heavy (non-hydrogen) atoms. The van der Waals surface area contributed by atoms with Crippen LogP contribution in [-0.4, -0.2) is 37.3 Å². The minimum absolute atomic E-state index is 0.279. The summed E-state index contributed by atoms with van der Waals surface area (Å²) in [7, 11) is 0. The molecule has 0 aliphatic carbocycles. The van der Waals surface area contributed by atoms with Gasteiger partial charge in [-0.1, -0.05) is 128 Å². The van der Waals surface area contributed by atoms with Crippen molar-refractivity contribution in [2.45, 2.75) is 64.1 Å². The van der Waals surface area contributed by atoms with Gasteiger partial charge in [0.15, 0.2) is 0 Å². The fourth-order valence-electron chi connectivity index (χ4n) is 5.04. The van der Waals surface area contributed by atoms with Gasteiger partial charge in [-0.2, -0.15) is 0 Å². The molecule has 1 unspecified atom stereocenters. The third-order valence-electron chi connectivity index (χ3n) is 7.16. The topological polar surface area (TPSA) is 55.4 Å². The molecule has 0 aromatic heterocycles. The predicted octanol–water partition coefficient (Wildman–Crippen LogP) is 7.23. The summed E-state index contributed by atoms with van der Waals surface area (Å²) in [6, 6.07) is 40.3.